The summed E-state index contributed by atoms with van der Waals surface area (Å²) in [5.41, 5.74) is 7.75. The SMILES string of the molecule is NC1(Cc2ccncc2)CCCCC1. The van der Waals surface area contributed by atoms with Crippen LogP contribution in [-0.4, -0.2) is 10.5 Å². The molecule has 1 saturated carbocycles. The predicted molar refractivity (Wildman–Crippen MR) is 57.9 cm³/mol. The third-order valence-corrected chi connectivity index (χ3v) is 3.15. The summed E-state index contributed by atoms with van der Waals surface area (Å²) in [5, 5.41) is 0. The van der Waals surface area contributed by atoms with Crippen molar-refractivity contribution >= 4 is 0 Å². The van der Waals surface area contributed by atoms with Crippen LogP contribution in [0.4, 0.5) is 0 Å². The maximum absolute atomic E-state index is 6.37. The van der Waals surface area contributed by atoms with Crippen LogP contribution in [0, 0.1) is 0 Å². The van der Waals surface area contributed by atoms with Crippen LogP contribution in [-0.2, 0) is 6.42 Å². The lowest BCUT2D eigenvalue weighted by Crippen LogP contribution is -2.43. The molecule has 0 aromatic carbocycles. The zero-order chi connectivity index (χ0) is 9.86. The van der Waals surface area contributed by atoms with E-state index >= 15 is 0 Å². The van der Waals surface area contributed by atoms with Gasteiger partial charge >= 0.3 is 0 Å². The molecule has 0 atom stereocenters. The molecule has 1 aliphatic carbocycles. The van der Waals surface area contributed by atoms with Crippen molar-refractivity contribution in [3.8, 4) is 0 Å². The van der Waals surface area contributed by atoms with Gasteiger partial charge in [0.2, 0.25) is 0 Å². The Bertz CT molecular complexity index is 276. The highest BCUT2D eigenvalue weighted by Gasteiger charge is 2.27. The highest BCUT2D eigenvalue weighted by molar-refractivity contribution is 5.14. The molecule has 0 spiro atoms. The fourth-order valence-electron chi connectivity index (χ4n) is 2.34. The van der Waals surface area contributed by atoms with Gasteiger partial charge in [-0.1, -0.05) is 19.3 Å². The molecule has 0 unspecified atom stereocenters. The third kappa shape index (κ3) is 2.32. The van der Waals surface area contributed by atoms with Gasteiger partial charge in [-0.2, -0.15) is 0 Å². The minimum absolute atomic E-state index is 0.0552. The van der Waals surface area contributed by atoms with Crippen LogP contribution in [0.3, 0.4) is 0 Å². The molecule has 1 aromatic heterocycles. The second kappa shape index (κ2) is 4.09. The summed E-state index contributed by atoms with van der Waals surface area (Å²) < 4.78 is 0. The maximum atomic E-state index is 6.37. The monoisotopic (exact) mass is 190 g/mol. The number of hydrogen-bond acceptors (Lipinski definition) is 2. The summed E-state index contributed by atoms with van der Waals surface area (Å²) in [4.78, 5) is 4.02. The molecule has 0 radical (unpaired) electrons. The van der Waals surface area contributed by atoms with Gasteiger partial charge in [0.15, 0.2) is 0 Å². The van der Waals surface area contributed by atoms with Crippen LogP contribution in [0.25, 0.3) is 0 Å². The summed E-state index contributed by atoms with van der Waals surface area (Å²) in [6, 6.07) is 4.15. The number of nitrogens with two attached hydrogens (primary N) is 1. The number of hydrogen-bond donors (Lipinski definition) is 1. The molecular weight excluding hydrogens is 172 g/mol. The van der Waals surface area contributed by atoms with E-state index in [1.165, 1.54) is 37.7 Å². The quantitative estimate of drug-likeness (QED) is 0.777. The zero-order valence-corrected chi connectivity index (χ0v) is 8.58. The minimum atomic E-state index is 0.0552. The van der Waals surface area contributed by atoms with Crippen LogP contribution >= 0.6 is 0 Å². The summed E-state index contributed by atoms with van der Waals surface area (Å²) >= 11 is 0. The number of pyridine rings is 1. The molecule has 0 aliphatic heterocycles. The van der Waals surface area contributed by atoms with Crippen LogP contribution in [0.5, 0.6) is 0 Å². The van der Waals surface area contributed by atoms with E-state index in [2.05, 4.69) is 17.1 Å². The Labute approximate surface area is 85.5 Å². The Morgan fingerprint density at radius 3 is 2.43 bits per heavy atom. The molecule has 0 bridgehead atoms. The first-order valence-corrected chi connectivity index (χ1v) is 5.46. The van der Waals surface area contributed by atoms with E-state index in [0.29, 0.717) is 0 Å². The van der Waals surface area contributed by atoms with Crippen molar-refractivity contribution in [2.24, 2.45) is 5.73 Å². The molecule has 0 amide bonds. The van der Waals surface area contributed by atoms with E-state index in [1.54, 1.807) is 0 Å². The topological polar surface area (TPSA) is 38.9 Å². The van der Waals surface area contributed by atoms with Crippen molar-refractivity contribution in [3.63, 3.8) is 0 Å². The first-order chi connectivity index (χ1) is 6.79. The highest BCUT2D eigenvalue weighted by atomic mass is 14.7. The molecule has 1 fully saturated rings. The molecule has 76 valence electrons. The fourth-order valence-corrected chi connectivity index (χ4v) is 2.34. The van der Waals surface area contributed by atoms with Crippen LogP contribution in [0.2, 0.25) is 0 Å². The Kier molecular flexibility index (Phi) is 2.82. The van der Waals surface area contributed by atoms with Crippen molar-refractivity contribution in [3.05, 3.63) is 30.1 Å². The van der Waals surface area contributed by atoms with E-state index in [0.717, 1.165) is 6.42 Å². The zero-order valence-electron chi connectivity index (χ0n) is 8.58. The summed E-state index contributed by atoms with van der Waals surface area (Å²) in [7, 11) is 0. The van der Waals surface area contributed by atoms with Crippen molar-refractivity contribution in [2.45, 2.75) is 44.1 Å². The molecule has 2 nitrogen and oxygen atoms in total. The van der Waals surface area contributed by atoms with E-state index in [-0.39, 0.29) is 5.54 Å². The first-order valence-electron chi connectivity index (χ1n) is 5.46. The van der Waals surface area contributed by atoms with E-state index in [4.69, 9.17) is 5.73 Å². The Hall–Kier alpha value is -0.890. The van der Waals surface area contributed by atoms with Crippen LogP contribution < -0.4 is 5.73 Å². The van der Waals surface area contributed by atoms with Crippen LogP contribution in [0.15, 0.2) is 24.5 Å². The van der Waals surface area contributed by atoms with Crippen LogP contribution in [0.1, 0.15) is 37.7 Å². The van der Waals surface area contributed by atoms with E-state index < -0.39 is 0 Å². The van der Waals surface area contributed by atoms with Gasteiger partial charge in [0.05, 0.1) is 0 Å². The molecule has 14 heavy (non-hydrogen) atoms. The average molecular weight is 190 g/mol. The van der Waals surface area contributed by atoms with Gasteiger partial charge in [-0.15, -0.1) is 0 Å². The van der Waals surface area contributed by atoms with Crippen molar-refractivity contribution < 1.29 is 0 Å². The number of rotatable bonds is 2. The average Bonchev–Trinajstić information content (AvgIpc) is 2.19. The number of aromatic nitrogens is 1. The second-order valence-corrected chi connectivity index (χ2v) is 4.46. The van der Waals surface area contributed by atoms with Gasteiger partial charge in [-0.05, 0) is 37.0 Å². The molecule has 1 aromatic rings. The Balaban J connectivity index is 2.02. The fraction of sp³-hybridized carbons (Fsp3) is 0.583. The Morgan fingerprint density at radius 2 is 1.79 bits per heavy atom. The molecule has 1 heterocycles. The molecule has 2 N–H and O–H groups in total. The summed E-state index contributed by atoms with van der Waals surface area (Å²) in [6.07, 6.45) is 11.0. The third-order valence-electron chi connectivity index (χ3n) is 3.15. The van der Waals surface area contributed by atoms with Gasteiger partial charge < -0.3 is 5.73 Å². The van der Waals surface area contributed by atoms with Crippen molar-refractivity contribution in [1.82, 2.24) is 4.98 Å². The molecule has 2 rings (SSSR count). The molecule has 0 saturated heterocycles. The summed E-state index contributed by atoms with van der Waals surface area (Å²) in [6.45, 7) is 0. The van der Waals surface area contributed by atoms with Gasteiger partial charge in [0, 0.05) is 17.9 Å². The van der Waals surface area contributed by atoms with Gasteiger partial charge in [0.1, 0.15) is 0 Å². The normalized spacial score (nSPS) is 20.6. The molecular formula is C12H18N2. The minimum Gasteiger partial charge on any atom is -0.325 e. The highest BCUT2D eigenvalue weighted by Crippen LogP contribution is 2.28. The number of nitrogens with zero attached hydrogens (tertiary/aromatic N) is 1. The standard InChI is InChI=1S/C12H18N2/c13-12(6-2-1-3-7-12)10-11-4-8-14-9-5-11/h4-5,8-9H,1-3,6-7,10,13H2. The maximum Gasteiger partial charge on any atom is 0.0270 e. The summed E-state index contributed by atoms with van der Waals surface area (Å²) in [5.74, 6) is 0. The lowest BCUT2D eigenvalue weighted by atomic mass is 9.78. The predicted octanol–water partition coefficient (Wildman–Crippen LogP) is 2.29. The largest absolute Gasteiger partial charge is 0.325 e. The first kappa shape index (κ1) is 9.66. The lowest BCUT2D eigenvalue weighted by Gasteiger charge is -2.33. The molecule has 1 aliphatic rings. The van der Waals surface area contributed by atoms with Crippen molar-refractivity contribution in [1.29, 1.82) is 0 Å². The van der Waals surface area contributed by atoms with E-state index in [1.807, 2.05) is 12.4 Å². The second-order valence-electron chi connectivity index (χ2n) is 4.46. The smallest absolute Gasteiger partial charge is 0.0270 e. The van der Waals surface area contributed by atoms with Gasteiger partial charge in [-0.3, -0.25) is 4.98 Å². The lowest BCUT2D eigenvalue weighted by molar-refractivity contribution is 0.294. The van der Waals surface area contributed by atoms with Gasteiger partial charge in [0.25, 0.3) is 0 Å². The van der Waals surface area contributed by atoms with E-state index in [9.17, 15) is 0 Å². The van der Waals surface area contributed by atoms with Crippen molar-refractivity contribution in [2.75, 3.05) is 0 Å². The van der Waals surface area contributed by atoms with Gasteiger partial charge in [-0.25, -0.2) is 0 Å². The Morgan fingerprint density at radius 1 is 1.14 bits per heavy atom. The molecule has 2 heteroatoms.